The third kappa shape index (κ3) is 6.50. The van der Waals surface area contributed by atoms with Gasteiger partial charge in [0.25, 0.3) is 10.0 Å². The molecule has 2 aromatic rings. The second-order valence-corrected chi connectivity index (χ2v) is 11.0. The summed E-state index contributed by atoms with van der Waals surface area (Å²) in [7, 11) is -2.52. The smallest absolute Gasteiger partial charge is 0.264 e. The molecule has 0 aliphatic carbocycles. The van der Waals surface area contributed by atoms with Gasteiger partial charge in [-0.3, -0.25) is 4.31 Å². The molecule has 0 aromatic heterocycles. The molecular formula is C26H37NO6S. The van der Waals surface area contributed by atoms with Gasteiger partial charge in [0, 0.05) is 26.9 Å². The summed E-state index contributed by atoms with van der Waals surface area (Å²) in [4.78, 5) is 0.0808. The standard InChI is InChI=1S/C26H37NO6S/c1-5-20-6-8-22(9-7-20)27(17-19(2)3)34(29,30)23-10-11-25(24(16-23)26(28)31-4)33-18-21-12-14-32-15-13-21/h6-11,16,19,21,26,28H,5,12-15,17-18H2,1-4H3. The molecule has 1 fully saturated rings. The van der Waals surface area contributed by atoms with Crippen LogP contribution in [0.15, 0.2) is 47.4 Å². The Bertz CT molecular complexity index is 1020. The van der Waals surface area contributed by atoms with E-state index in [4.69, 9.17) is 14.2 Å². The molecule has 2 aromatic carbocycles. The van der Waals surface area contributed by atoms with Crippen molar-refractivity contribution in [2.75, 3.05) is 37.8 Å². The van der Waals surface area contributed by atoms with Gasteiger partial charge in [-0.05, 0) is 67.0 Å². The van der Waals surface area contributed by atoms with Crippen molar-refractivity contribution in [2.45, 2.75) is 51.2 Å². The molecule has 0 saturated carbocycles. The SMILES string of the molecule is CCc1ccc(N(CC(C)C)S(=O)(=O)c2ccc(OCC3CCOCC3)c(C(O)OC)c2)cc1. The number of aliphatic hydroxyl groups is 1. The van der Waals surface area contributed by atoms with Crippen LogP contribution in [-0.2, 0) is 25.9 Å². The molecule has 1 aliphatic rings. The number of hydrogen-bond acceptors (Lipinski definition) is 6. The summed E-state index contributed by atoms with van der Waals surface area (Å²) in [6.07, 6.45) is 1.40. The Balaban J connectivity index is 1.93. The van der Waals surface area contributed by atoms with Crippen molar-refractivity contribution >= 4 is 15.7 Å². The van der Waals surface area contributed by atoms with E-state index < -0.39 is 16.3 Å². The molecule has 7 nitrogen and oxygen atoms in total. The average Bonchev–Trinajstić information content (AvgIpc) is 2.86. The fourth-order valence-electron chi connectivity index (χ4n) is 3.96. The molecule has 3 rings (SSSR count). The quantitative estimate of drug-likeness (QED) is 0.465. The first-order chi connectivity index (χ1) is 16.3. The summed E-state index contributed by atoms with van der Waals surface area (Å²) < 4.78 is 45.4. The van der Waals surface area contributed by atoms with Crippen molar-refractivity contribution in [3.05, 3.63) is 53.6 Å². The number of methoxy groups -OCH3 is 1. The fourth-order valence-corrected chi connectivity index (χ4v) is 5.62. The van der Waals surface area contributed by atoms with Crippen molar-refractivity contribution in [3.63, 3.8) is 0 Å². The Kier molecular flexibility index (Phi) is 9.36. The first-order valence-electron chi connectivity index (χ1n) is 11.9. The first-order valence-corrected chi connectivity index (χ1v) is 13.4. The molecule has 0 spiro atoms. The first kappa shape index (κ1) is 26.5. The van der Waals surface area contributed by atoms with E-state index in [2.05, 4.69) is 6.92 Å². The van der Waals surface area contributed by atoms with Crippen molar-refractivity contribution in [1.82, 2.24) is 0 Å². The van der Waals surface area contributed by atoms with Crippen LogP contribution in [0.25, 0.3) is 0 Å². The van der Waals surface area contributed by atoms with Gasteiger partial charge in [0.1, 0.15) is 5.75 Å². The monoisotopic (exact) mass is 491 g/mol. The van der Waals surface area contributed by atoms with Gasteiger partial charge in [-0.2, -0.15) is 0 Å². The van der Waals surface area contributed by atoms with Crippen LogP contribution < -0.4 is 9.04 Å². The van der Waals surface area contributed by atoms with Crippen molar-refractivity contribution < 1.29 is 27.7 Å². The number of aliphatic hydroxyl groups excluding tert-OH is 1. The molecule has 0 bridgehead atoms. The Hall–Kier alpha value is -2.13. The van der Waals surface area contributed by atoms with E-state index in [0.29, 0.717) is 49.3 Å². The van der Waals surface area contributed by atoms with Gasteiger partial charge < -0.3 is 19.3 Å². The van der Waals surface area contributed by atoms with Crippen molar-refractivity contribution in [1.29, 1.82) is 0 Å². The molecule has 0 radical (unpaired) electrons. The van der Waals surface area contributed by atoms with Crippen LogP contribution in [0, 0.1) is 11.8 Å². The average molecular weight is 492 g/mol. The van der Waals surface area contributed by atoms with E-state index in [9.17, 15) is 13.5 Å². The predicted octanol–water partition coefficient (Wildman–Crippen LogP) is 4.54. The molecular weight excluding hydrogens is 454 g/mol. The maximum Gasteiger partial charge on any atom is 0.264 e. The van der Waals surface area contributed by atoms with Gasteiger partial charge in [-0.15, -0.1) is 0 Å². The number of hydrogen-bond donors (Lipinski definition) is 1. The third-order valence-corrected chi connectivity index (χ3v) is 7.83. The van der Waals surface area contributed by atoms with Gasteiger partial charge >= 0.3 is 0 Å². The number of sulfonamides is 1. The Morgan fingerprint density at radius 2 is 1.79 bits per heavy atom. The van der Waals surface area contributed by atoms with E-state index in [1.807, 2.05) is 38.1 Å². The minimum atomic E-state index is -3.89. The summed E-state index contributed by atoms with van der Waals surface area (Å²) in [5, 5.41) is 10.5. The summed E-state index contributed by atoms with van der Waals surface area (Å²) in [5.74, 6) is 0.895. The van der Waals surface area contributed by atoms with Crippen LogP contribution in [-0.4, -0.2) is 47.0 Å². The molecule has 1 aliphatic heterocycles. The minimum Gasteiger partial charge on any atom is -0.493 e. The lowest BCUT2D eigenvalue weighted by Crippen LogP contribution is -2.34. The van der Waals surface area contributed by atoms with Gasteiger partial charge in [0.15, 0.2) is 6.29 Å². The molecule has 1 atom stereocenters. The summed E-state index contributed by atoms with van der Waals surface area (Å²) in [6, 6.07) is 12.2. The van der Waals surface area contributed by atoms with Crippen LogP contribution >= 0.6 is 0 Å². The molecule has 1 saturated heterocycles. The summed E-state index contributed by atoms with van der Waals surface area (Å²) in [5.41, 5.74) is 2.04. The Morgan fingerprint density at radius 3 is 2.38 bits per heavy atom. The normalized spacial score (nSPS) is 15.9. The molecule has 34 heavy (non-hydrogen) atoms. The lowest BCUT2D eigenvalue weighted by Gasteiger charge is -2.27. The van der Waals surface area contributed by atoms with Crippen molar-refractivity contribution in [2.24, 2.45) is 11.8 Å². The number of rotatable bonds is 11. The predicted molar refractivity (Wildman–Crippen MR) is 133 cm³/mol. The fraction of sp³-hybridized carbons (Fsp3) is 0.538. The zero-order chi connectivity index (χ0) is 24.7. The largest absolute Gasteiger partial charge is 0.493 e. The zero-order valence-electron chi connectivity index (χ0n) is 20.6. The summed E-state index contributed by atoms with van der Waals surface area (Å²) >= 11 is 0. The van der Waals surface area contributed by atoms with Crippen LogP contribution in [0.5, 0.6) is 5.75 Å². The molecule has 0 amide bonds. The van der Waals surface area contributed by atoms with E-state index in [1.165, 1.54) is 23.5 Å². The second kappa shape index (κ2) is 12.0. The molecule has 1 unspecified atom stereocenters. The van der Waals surface area contributed by atoms with E-state index in [0.717, 1.165) is 24.8 Å². The molecule has 188 valence electrons. The Labute approximate surface area is 203 Å². The third-order valence-electron chi connectivity index (χ3n) is 6.04. The van der Waals surface area contributed by atoms with Crippen LogP contribution in [0.2, 0.25) is 0 Å². The lowest BCUT2D eigenvalue weighted by molar-refractivity contribution is -0.0787. The lowest BCUT2D eigenvalue weighted by atomic mass is 10.0. The molecule has 1 N–H and O–H groups in total. The minimum absolute atomic E-state index is 0.0808. The highest BCUT2D eigenvalue weighted by molar-refractivity contribution is 7.92. The van der Waals surface area contributed by atoms with E-state index in [-0.39, 0.29) is 10.8 Å². The number of ether oxygens (including phenoxy) is 3. The highest BCUT2D eigenvalue weighted by Crippen LogP contribution is 2.33. The molecule has 1 heterocycles. The van der Waals surface area contributed by atoms with Gasteiger partial charge in [0.05, 0.1) is 22.8 Å². The number of anilines is 1. The van der Waals surface area contributed by atoms with Crippen LogP contribution in [0.3, 0.4) is 0 Å². The van der Waals surface area contributed by atoms with Gasteiger partial charge in [0.2, 0.25) is 0 Å². The summed E-state index contributed by atoms with van der Waals surface area (Å²) in [6.45, 7) is 8.26. The van der Waals surface area contributed by atoms with Crippen molar-refractivity contribution in [3.8, 4) is 5.75 Å². The van der Waals surface area contributed by atoms with Gasteiger partial charge in [-0.1, -0.05) is 32.9 Å². The second-order valence-electron chi connectivity index (χ2n) is 9.10. The number of benzene rings is 2. The number of nitrogens with zero attached hydrogens (tertiary/aromatic N) is 1. The number of aryl methyl sites for hydroxylation is 1. The van der Waals surface area contributed by atoms with E-state index in [1.54, 1.807) is 6.07 Å². The van der Waals surface area contributed by atoms with Crippen LogP contribution in [0.4, 0.5) is 5.69 Å². The topological polar surface area (TPSA) is 85.3 Å². The van der Waals surface area contributed by atoms with Crippen LogP contribution in [0.1, 0.15) is 51.0 Å². The zero-order valence-corrected chi connectivity index (χ0v) is 21.4. The highest BCUT2D eigenvalue weighted by Gasteiger charge is 2.28. The molecule has 8 heteroatoms. The maximum atomic E-state index is 13.8. The van der Waals surface area contributed by atoms with Gasteiger partial charge in [-0.25, -0.2) is 8.42 Å². The highest BCUT2D eigenvalue weighted by atomic mass is 32.2. The maximum absolute atomic E-state index is 13.8. The van der Waals surface area contributed by atoms with E-state index >= 15 is 0 Å². The Morgan fingerprint density at radius 1 is 1.12 bits per heavy atom.